The fourth-order valence-electron chi connectivity index (χ4n) is 2.01. The maximum atomic E-state index is 10.2. The van der Waals surface area contributed by atoms with Gasteiger partial charge in [-0.25, -0.2) is 4.79 Å². The number of aromatic carboxylic acids is 1. The molecule has 3 aromatic rings. The van der Waals surface area contributed by atoms with Crippen LogP contribution in [0.4, 0.5) is 0 Å². The molecule has 3 nitrogen and oxygen atoms in total. The molecule has 3 aromatic carbocycles. The van der Waals surface area contributed by atoms with Gasteiger partial charge in [0.2, 0.25) is 0 Å². The van der Waals surface area contributed by atoms with Crippen LogP contribution in [0.15, 0.2) is 84.9 Å². The Labute approximate surface area is 135 Å². The van der Waals surface area contributed by atoms with E-state index in [9.17, 15) is 4.79 Å². The topological polar surface area (TPSA) is 57.5 Å². The fourth-order valence-corrected chi connectivity index (χ4v) is 2.01. The number of aliphatic hydroxyl groups is 1. The standard InChI is InChI=1S/C13H12O.C7H6O2/c14-10-11-6-8-13(9-7-11)12-4-2-1-3-5-12;8-7(9)6-4-2-1-3-5-6/h1-9,14H,10H2;1-5H,(H,8,9). The lowest BCUT2D eigenvalue weighted by Crippen LogP contribution is -1.93. The maximum absolute atomic E-state index is 10.2. The summed E-state index contributed by atoms with van der Waals surface area (Å²) in [6.07, 6.45) is 0. The van der Waals surface area contributed by atoms with E-state index in [1.54, 1.807) is 30.3 Å². The molecular weight excluding hydrogens is 288 g/mol. The van der Waals surface area contributed by atoms with E-state index in [1.807, 2.05) is 42.5 Å². The van der Waals surface area contributed by atoms with E-state index in [-0.39, 0.29) is 6.61 Å². The van der Waals surface area contributed by atoms with Gasteiger partial charge in [-0.05, 0) is 28.8 Å². The highest BCUT2D eigenvalue weighted by Crippen LogP contribution is 2.18. The van der Waals surface area contributed by atoms with Crippen LogP contribution in [0.3, 0.4) is 0 Å². The SMILES string of the molecule is O=C(O)c1ccccc1.OCc1ccc(-c2ccccc2)cc1. The van der Waals surface area contributed by atoms with Crippen molar-refractivity contribution in [3.8, 4) is 11.1 Å². The van der Waals surface area contributed by atoms with Gasteiger partial charge in [-0.1, -0.05) is 72.8 Å². The second-order valence-corrected chi connectivity index (χ2v) is 4.89. The van der Waals surface area contributed by atoms with Gasteiger partial charge in [-0.2, -0.15) is 0 Å². The lowest BCUT2D eigenvalue weighted by molar-refractivity contribution is 0.0697. The molecule has 0 bridgehead atoms. The van der Waals surface area contributed by atoms with E-state index in [2.05, 4.69) is 12.1 Å². The van der Waals surface area contributed by atoms with Crippen molar-refractivity contribution >= 4 is 5.97 Å². The zero-order valence-corrected chi connectivity index (χ0v) is 12.6. The van der Waals surface area contributed by atoms with Crippen molar-refractivity contribution in [2.24, 2.45) is 0 Å². The molecule has 0 aliphatic carbocycles. The van der Waals surface area contributed by atoms with Crippen molar-refractivity contribution in [1.29, 1.82) is 0 Å². The number of aliphatic hydroxyl groups excluding tert-OH is 1. The van der Waals surface area contributed by atoms with Gasteiger partial charge in [0.25, 0.3) is 0 Å². The molecule has 2 N–H and O–H groups in total. The van der Waals surface area contributed by atoms with Crippen LogP contribution in [-0.4, -0.2) is 16.2 Å². The quantitative estimate of drug-likeness (QED) is 0.761. The van der Waals surface area contributed by atoms with E-state index in [0.29, 0.717) is 5.56 Å². The van der Waals surface area contributed by atoms with Crippen molar-refractivity contribution in [2.45, 2.75) is 6.61 Å². The van der Waals surface area contributed by atoms with Gasteiger partial charge in [0.05, 0.1) is 12.2 Å². The molecular formula is C20H18O3. The number of carboxylic acids is 1. The first-order valence-electron chi connectivity index (χ1n) is 7.24. The summed E-state index contributed by atoms with van der Waals surface area (Å²) in [6, 6.07) is 26.5. The molecule has 3 heteroatoms. The average Bonchev–Trinajstić information content (AvgIpc) is 2.64. The molecule has 3 rings (SSSR count). The molecule has 0 saturated heterocycles. The predicted octanol–water partition coefficient (Wildman–Crippen LogP) is 4.23. The first kappa shape index (κ1) is 16.5. The minimum absolute atomic E-state index is 0.106. The largest absolute Gasteiger partial charge is 0.478 e. The van der Waals surface area contributed by atoms with E-state index < -0.39 is 5.97 Å². The first-order valence-corrected chi connectivity index (χ1v) is 7.24. The van der Waals surface area contributed by atoms with Crippen LogP contribution in [0.5, 0.6) is 0 Å². The smallest absolute Gasteiger partial charge is 0.335 e. The Morgan fingerprint density at radius 3 is 1.61 bits per heavy atom. The van der Waals surface area contributed by atoms with Crippen molar-refractivity contribution < 1.29 is 15.0 Å². The van der Waals surface area contributed by atoms with E-state index in [1.165, 1.54) is 11.1 Å². The molecule has 0 atom stereocenters. The molecule has 0 saturated carbocycles. The Morgan fingerprint density at radius 1 is 0.696 bits per heavy atom. The molecule has 0 spiro atoms. The summed E-state index contributed by atoms with van der Waals surface area (Å²) in [4.78, 5) is 10.2. The third-order valence-electron chi connectivity index (χ3n) is 3.26. The number of carboxylic acid groups (broad SMARTS) is 1. The molecule has 0 fully saturated rings. The van der Waals surface area contributed by atoms with E-state index in [0.717, 1.165) is 5.56 Å². The normalized spacial score (nSPS) is 9.61. The lowest BCUT2D eigenvalue weighted by Gasteiger charge is -2.01. The summed E-state index contributed by atoms with van der Waals surface area (Å²) in [7, 11) is 0. The summed E-state index contributed by atoms with van der Waals surface area (Å²) in [6.45, 7) is 0.106. The summed E-state index contributed by atoms with van der Waals surface area (Å²) >= 11 is 0. The third kappa shape index (κ3) is 5.09. The highest BCUT2D eigenvalue weighted by atomic mass is 16.4. The van der Waals surface area contributed by atoms with Crippen molar-refractivity contribution in [1.82, 2.24) is 0 Å². The molecule has 0 aliphatic rings. The number of hydrogen-bond donors (Lipinski definition) is 2. The molecule has 0 unspecified atom stereocenters. The maximum Gasteiger partial charge on any atom is 0.335 e. The van der Waals surface area contributed by atoms with E-state index in [4.69, 9.17) is 10.2 Å². The van der Waals surface area contributed by atoms with Gasteiger partial charge in [0.15, 0.2) is 0 Å². The molecule has 0 amide bonds. The second kappa shape index (κ2) is 8.51. The summed E-state index contributed by atoms with van der Waals surface area (Å²) < 4.78 is 0. The Bertz CT molecular complexity index is 720. The Hall–Kier alpha value is -2.91. The summed E-state index contributed by atoms with van der Waals surface area (Å²) in [5.74, 6) is -0.879. The molecule has 0 heterocycles. The lowest BCUT2D eigenvalue weighted by atomic mass is 10.0. The van der Waals surface area contributed by atoms with Gasteiger partial charge in [-0.3, -0.25) is 0 Å². The zero-order valence-electron chi connectivity index (χ0n) is 12.6. The van der Waals surface area contributed by atoms with Crippen LogP contribution in [0.1, 0.15) is 15.9 Å². The summed E-state index contributed by atoms with van der Waals surface area (Å²) in [5.41, 5.74) is 3.67. The van der Waals surface area contributed by atoms with Crippen LogP contribution < -0.4 is 0 Å². The number of rotatable bonds is 3. The van der Waals surface area contributed by atoms with Gasteiger partial charge in [-0.15, -0.1) is 0 Å². The number of carbonyl (C=O) groups is 1. The molecule has 0 radical (unpaired) electrons. The van der Waals surface area contributed by atoms with E-state index >= 15 is 0 Å². The summed E-state index contributed by atoms with van der Waals surface area (Å²) in [5, 5.41) is 17.3. The first-order chi connectivity index (χ1) is 11.2. The van der Waals surface area contributed by atoms with Crippen LogP contribution >= 0.6 is 0 Å². The van der Waals surface area contributed by atoms with Crippen LogP contribution in [0, 0.1) is 0 Å². The van der Waals surface area contributed by atoms with Crippen molar-refractivity contribution in [3.05, 3.63) is 96.1 Å². The van der Waals surface area contributed by atoms with Crippen LogP contribution in [0.2, 0.25) is 0 Å². The Morgan fingerprint density at radius 2 is 1.17 bits per heavy atom. The number of benzene rings is 3. The van der Waals surface area contributed by atoms with Crippen LogP contribution in [0.25, 0.3) is 11.1 Å². The molecule has 23 heavy (non-hydrogen) atoms. The molecule has 0 aliphatic heterocycles. The van der Waals surface area contributed by atoms with Gasteiger partial charge < -0.3 is 10.2 Å². The third-order valence-corrected chi connectivity index (χ3v) is 3.26. The van der Waals surface area contributed by atoms with Crippen molar-refractivity contribution in [3.63, 3.8) is 0 Å². The Kier molecular flexibility index (Phi) is 6.09. The highest BCUT2D eigenvalue weighted by Gasteiger charge is 1.97. The minimum Gasteiger partial charge on any atom is -0.478 e. The second-order valence-electron chi connectivity index (χ2n) is 4.89. The molecule has 116 valence electrons. The highest BCUT2D eigenvalue weighted by molar-refractivity contribution is 5.87. The Balaban J connectivity index is 0.000000185. The fraction of sp³-hybridized carbons (Fsp3) is 0.0500. The predicted molar refractivity (Wildman–Crippen MR) is 91.2 cm³/mol. The monoisotopic (exact) mass is 306 g/mol. The number of hydrogen-bond acceptors (Lipinski definition) is 2. The molecule has 0 aromatic heterocycles. The average molecular weight is 306 g/mol. The van der Waals surface area contributed by atoms with Crippen LogP contribution in [-0.2, 0) is 6.61 Å². The van der Waals surface area contributed by atoms with Gasteiger partial charge >= 0.3 is 5.97 Å². The van der Waals surface area contributed by atoms with Crippen molar-refractivity contribution in [2.75, 3.05) is 0 Å². The van der Waals surface area contributed by atoms with Gasteiger partial charge in [0, 0.05) is 0 Å². The zero-order chi connectivity index (χ0) is 16.5. The van der Waals surface area contributed by atoms with Gasteiger partial charge in [0.1, 0.15) is 0 Å². The minimum atomic E-state index is -0.879.